The fourth-order valence-corrected chi connectivity index (χ4v) is 4.85. The van der Waals surface area contributed by atoms with E-state index in [1.54, 1.807) is 26.0 Å². The van der Waals surface area contributed by atoms with Gasteiger partial charge in [-0.3, -0.25) is 32.4 Å². The quantitative estimate of drug-likeness (QED) is 0.134. The van der Waals surface area contributed by atoms with Crippen LogP contribution in [0.2, 0.25) is 0 Å². The molecule has 0 spiro atoms. The van der Waals surface area contributed by atoms with Crippen molar-refractivity contribution in [3.05, 3.63) is 123 Å². The second-order valence-corrected chi connectivity index (χ2v) is 10.7. The van der Waals surface area contributed by atoms with Crippen LogP contribution in [-0.2, 0) is 38.1 Å². The summed E-state index contributed by atoms with van der Waals surface area (Å²) in [6.45, 7) is 13.6. The molecular weight excluding hydrogens is 758 g/mol. The largest absolute Gasteiger partial charge is 2.00 e. The van der Waals surface area contributed by atoms with E-state index in [2.05, 4.69) is 20.9 Å². The number of hydrogen-bond acceptors (Lipinski definition) is 3. The van der Waals surface area contributed by atoms with Gasteiger partial charge in [-0.25, -0.2) is 0 Å². The minimum Gasteiger partial charge on any atom is -0.337 e. The first-order chi connectivity index (χ1) is 19.5. The molecule has 5 rings (SSSR count). The van der Waals surface area contributed by atoms with Gasteiger partial charge < -0.3 is 4.79 Å². The molecule has 12 heteroatoms. The summed E-state index contributed by atoms with van der Waals surface area (Å²) in [5.74, 6) is -9.35. The summed E-state index contributed by atoms with van der Waals surface area (Å²) in [5, 5.41) is 0. The summed E-state index contributed by atoms with van der Waals surface area (Å²) >= 11 is 0. The van der Waals surface area contributed by atoms with E-state index in [1.807, 2.05) is 6.07 Å². The number of fused-ring (bicyclic) bond motifs is 9. The van der Waals surface area contributed by atoms with Crippen LogP contribution in [0, 0.1) is 42.0 Å². The van der Waals surface area contributed by atoms with Gasteiger partial charge in [-0.05, 0) is 37.6 Å². The van der Waals surface area contributed by atoms with E-state index in [0.717, 1.165) is 6.07 Å². The van der Waals surface area contributed by atoms with Crippen LogP contribution in [0.25, 0.3) is 16.1 Å². The predicted molar refractivity (Wildman–Crippen MR) is 137 cm³/mol. The molecule has 1 aliphatic rings. The Kier molecular flexibility index (Phi) is 7.95. The summed E-state index contributed by atoms with van der Waals surface area (Å²) < 4.78 is 104. The van der Waals surface area contributed by atoms with Gasteiger partial charge in [-0.2, -0.15) is 13.2 Å². The van der Waals surface area contributed by atoms with E-state index in [-0.39, 0.29) is 32.5 Å². The van der Waals surface area contributed by atoms with Crippen LogP contribution >= 0.6 is 0 Å². The third kappa shape index (κ3) is 4.95. The van der Waals surface area contributed by atoms with Gasteiger partial charge in [0.1, 0.15) is 5.78 Å². The Bertz CT molecular complexity index is 1860. The molecule has 4 nitrogen and oxygen atoms in total. The van der Waals surface area contributed by atoms with E-state index in [1.165, 1.54) is 32.0 Å². The Morgan fingerprint density at radius 1 is 0.744 bits per heavy atom. The van der Waals surface area contributed by atoms with E-state index >= 15 is 17.6 Å². The summed E-state index contributed by atoms with van der Waals surface area (Å²) in [7, 11) is 0. The molecule has 4 aromatic rings. The number of pyridine rings is 2. The summed E-state index contributed by atoms with van der Waals surface area (Å²) in [6, 6.07) is 13.1. The molecule has 0 atom stereocenters. The molecule has 8 bridgehead atoms. The van der Waals surface area contributed by atoms with Crippen molar-refractivity contribution in [2.75, 3.05) is 0 Å². The van der Waals surface area contributed by atoms with Gasteiger partial charge in [0, 0.05) is 39.5 Å². The first kappa shape index (κ1) is 32.0. The molecule has 2 aromatic carbocycles. The van der Waals surface area contributed by atoms with Crippen molar-refractivity contribution in [2.24, 2.45) is 0 Å². The van der Waals surface area contributed by atoms with Gasteiger partial charge in [0.2, 0.25) is 0 Å². The Labute approximate surface area is 256 Å². The normalized spacial score (nSPS) is 15.1. The predicted octanol–water partition coefficient (Wildman–Crippen LogP) is 8.06. The van der Waals surface area contributed by atoms with E-state index < -0.39 is 85.3 Å². The topological polar surface area (TPSA) is 47.2 Å². The molecule has 0 amide bonds. The molecule has 3 heterocycles. The number of benzene rings is 2. The minimum atomic E-state index is -5.63. The maximum Gasteiger partial charge on any atom is 2.00 e. The van der Waals surface area contributed by atoms with Crippen molar-refractivity contribution in [3.8, 4) is 11.3 Å². The number of halogens is 7. The molecule has 0 saturated heterocycles. The van der Waals surface area contributed by atoms with E-state index in [4.69, 9.17) is 6.57 Å². The van der Waals surface area contributed by atoms with Gasteiger partial charge in [-0.15, -0.1) is 12.1 Å². The van der Waals surface area contributed by atoms with Crippen LogP contribution in [-0.4, -0.2) is 15.8 Å². The molecule has 0 fully saturated rings. The summed E-state index contributed by atoms with van der Waals surface area (Å²) in [5.41, 5.74) is -10.1. The van der Waals surface area contributed by atoms with E-state index in [0.29, 0.717) is 5.69 Å². The second-order valence-electron chi connectivity index (χ2n) is 10.7. The van der Waals surface area contributed by atoms with Crippen LogP contribution in [0.4, 0.5) is 36.4 Å². The van der Waals surface area contributed by atoms with Crippen molar-refractivity contribution in [2.45, 2.75) is 44.7 Å². The summed E-state index contributed by atoms with van der Waals surface area (Å²) in [4.78, 5) is 25.4. The molecule has 2 aromatic heterocycles. The number of ketones is 1. The standard InChI is InChI=1S/C31H18F7N3O.Pt/c1-29(2)17-13-16(25(34)27(39-5)26(17)35)28(42)15-12-14(23(32)22(24(15)33)31(36,37)38)18-8-6-9-20(40-18)30(3,4)21-11-7-10-19(29)41-21;/h6-11H,1-4H3;/q-2;+2. The average molecular weight is 777 g/mol. The van der Waals surface area contributed by atoms with Crippen molar-refractivity contribution in [3.63, 3.8) is 0 Å². The number of rotatable bonds is 0. The summed E-state index contributed by atoms with van der Waals surface area (Å²) in [6.07, 6.45) is -5.63. The first-order valence-electron chi connectivity index (χ1n) is 12.4. The molecular formula is C31H18F7N3OPt. The smallest absolute Gasteiger partial charge is 0.337 e. The van der Waals surface area contributed by atoms with Crippen LogP contribution in [0.5, 0.6) is 0 Å². The monoisotopic (exact) mass is 776 g/mol. The Hall–Kier alpha value is -3.90. The van der Waals surface area contributed by atoms with Gasteiger partial charge >= 0.3 is 27.2 Å². The van der Waals surface area contributed by atoms with Crippen molar-refractivity contribution in [1.82, 2.24) is 9.97 Å². The third-order valence-corrected chi connectivity index (χ3v) is 7.38. The maximum absolute atomic E-state index is 15.6. The maximum atomic E-state index is 15.6. The first-order valence-corrected chi connectivity index (χ1v) is 12.4. The molecule has 43 heavy (non-hydrogen) atoms. The minimum absolute atomic E-state index is 0. The Morgan fingerprint density at radius 2 is 1.26 bits per heavy atom. The van der Waals surface area contributed by atoms with Crippen LogP contribution in [0.15, 0.2) is 36.4 Å². The molecule has 222 valence electrons. The van der Waals surface area contributed by atoms with Gasteiger partial charge in [0.15, 0.2) is 5.69 Å². The van der Waals surface area contributed by atoms with Gasteiger partial charge in [-0.1, -0.05) is 48.7 Å². The SMILES string of the molecule is [C-]#[N+]c1c(F)c2[c-]c(c1F)C(C)(C)c1cccc(n1)C(C)(C)c1cccc(n1)-c1[c-]c(c(F)c(C(F)(F)F)c1F)C2=O.[Pt+2]. The molecule has 0 saturated carbocycles. The van der Waals surface area contributed by atoms with Crippen LogP contribution in [0.3, 0.4) is 0 Å². The molecule has 1 aliphatic heterocycles. The number of aromatic nitrogens is 2. The fourth-order valence-electron chi connectivity index (χ4n) is 4.85. The van der Waals surface area contributed by atoms with Crippen LogP contribution < -0.4 is 0 Å². The molecule has 0 aliphatic carbocycles. The van der Waals surface area contributed by atoms with Crippen molar-refractivity contribution >= 4 is 11.5 Å². The molecule has 0 N–H and O–H groups in total. The zero-order chi connectivity index (χ0) is 30.9. The number of alkyl halides is 3. The average Bonchev–Trinajstić information content (AvgIpc) is 2.92. The zero-order valence-corrected chi connectivity index (χ0v) is 24.9. The van der Waals surface area contributed by atoms with Gasteiger partial charge in [0.25, 0.3) is 0 Å². The third-order valence-electron chi connectivity index (χ3n) is 7.38. The number of carbonyl (C=O) groups is 1. The second kappa shape index (κ2) is 10.7. The molecule has 0 radical (unpaired) electrons. The fraction of sp³-hybridized carbons (Fsp3) is 0.226. The zero-order valence-electron chi connectivity index (χ0n) is 22.7. The van der Waals surface area contributed by atoms with Gasteiger partial charge in [0.05, 0.1) is 29.5 Å². The van der Waals surface area contributed by atoms with Crippen molar-refractivity contribution in [1.29, 1.82) is 0 Å². The van der Waals surface area contributed by atoms with E-state index in [9.17, 15) is 18.0 Å². The van der Waals surface area contributed by atoms with Crippen molar-refractivity contribution < 1.29 is 56.6 Å². The molecule has 0 unspecified atom stereocenters. The Morgan fingerprint density at radius 3 is 1.84 bits per heavy atom. The number of carbonyl (C=O) groups excluding carboxylic acids is 1. The van der Waals surface area contributed by atoms with Crippen LogP contribution in [0.1, 0.15) is 71.8 Å². The number of hydrogen-bond donors (Lipinski definition) is 0. The Balaban J connectivity index is 0.00000423. The number of nitrogens with zero attached hydrogens (tertiary/aromatic N) is 3.